The summed E-state index contributed by atoms with van der Waals surface area (Å²) in [5.74, 6) is -3.00. The number of esters is 2. The number of benzene rings is 2. The van der Waals surface area contributed by atoms with Crippen LogP contribution in [0.3, 0.4) is 0 Å². The Morgan fingerprint density at radius 2 is 1.30 bits per heavy atom. The van der Waals surface area contributed by atoms with Crippen LogP contribution in [0, 0.1) is 25.9 Å². The minimum absolute atomic E-state index is 0.0434. The molecule has 1 aliphatic rings. The van der Waals surface area contributed by atoms with E-state index in [0.717, 1.165) is 0 Å². The van der Waals surface area contributed by atoms with Crippen LogP contribution in [0.1, 0.15) is 25.0 Å². The second-order valence-corrected chi connectivity index (χ2v) is 7.52. The Morgan fingerprint density at radius 3 is 1.70 bits per heavy atom. The zero-order valence-electron chi connectivity index (χ0n) is 16.2. The molecule has 2 aromatic rings. The zero-order chi connectivity index (χ0) is 22.1. The van der Waals surface area contributed by atoms with E-state index >= 15 is 0 Å². The van der Waals surface area contributed by atoms with Crippen molar-refractivity contribution in [2.24, 2.45) is 5.41 Å². The number of nitro benzene ring substituents is 1. The Morgan fingerprint density at radius 1 is 0.867 bits per heavy atom. The van der Waals surface area contributed by atoms with Crippen molar-refractivity contribution in [3.05, 3.63) is 80.2 Å². The van der Waals surface area contributed by atoms with Crippen molar-refractivity contribution in [2.45, 2.75) is 32.5 Å². The second-order valence-electron chi connectivity index (χ2n) is 7.52. The van der Waals surface area contributed by atoms with E-state index < -0.39 is 33.3 Å². The minimum atomic E-state index is -1.73. The van der Waals surface area contributed by atoms with Crippen LogP contribution in [-0.4, -0.2) is 22.6 Å². The van der Waals surface area contributed by atoms with Crippen LogP contribution in [0.15, 0.2) is 48.5 Å². The number of hydrogen-bond donors (Lipinski definition) is 1. The summed E-state index contributed by atoms with van der Waals surface area (Å²) in [6, 6.07) is 11.1. The number of non-ortho nitro benzene ring substituents is 1. The lowest BCUT2D eigenvalue weighted by molar-refractivity contribution is -0.715. The Hall–Kier alpha value is -3.34. The van der Waals surface area contributed by atoms with Crippen LogP contribution >= 0.6 is 0 Å². The van der Waals surface area contributed by atoms with E-state index in [1.807, 2.05) is 0 Å². The van der Waals surface area contributed by atoms with Gasteiger partial charge < -0.3 is 25.1 Å². The predicted molar refractivity (Wildman–Crippen MR) is 103 cm³/mol. The molecule has 0 spiro atoms. The summed E-state index contributed by atoms with van der Waals surface area (Å²) < 4.78 is 10.7. The molecule has 0 amide bonds. The van der Waals surface area contributed by atoms with Gasteiger partial charge in [0.1, 0.15) is 5.69 Å². The van der Waals surface area contributed by atoms with Crippen molar-refractivity contribution in [2.75, 3.05) is 0 Å². The molecule has 1 fully saturated rings. The van der Waals surface area contributed by atoms with Crippen molar-refractivity contribution >= 4 is 23.3 Å². The first-order valence-corrected chi connectivity index (χ1v) is 9.03. The second kappa shape index (κ2) is 7.82. The van der Waals surface area contributed by atoms with E-state index in [0.29, 0.717) is 11.1 Å². The Bertz CT molecular complexity index is 947. The molecule has 158 valence electrons. The topological polar surface area (TPSA) is 146 Å². The number of nitrogens with zero attached hydrogens (tertiary/aromatic N) is 1. The van der Waals surface area contributed by atoms with Crippen LogP contribution in [0.25, 0.3) is 0 Å². The Kier molecular flexibility index (Phi) is 5.57. The van der Waals surface area contributed by atoms with Crippen LogP contribution in [-0.2, 0) is 31.9 Å². The molecule has 0 aromatic heterocycles. The number of nitro groups is 1. The average molecular weight is 415 g/mol. The van der Waals surface area contributed by atoms with Crippen molar-refractivity contribution in [1.82, 2.24) is 0 Å². The predicted octanol–water partition coefficient (Wildman–Crippen LogP) is 1.71. The monoisotopic (exact) mass is 415 g/mol. The number of carbonyl (C=O) groups is 2. The molecular weight excluding hydrogens is 396 g/mol. The SMILES string of the molecule is CC1(C)OC(=O)C(Cc2ccc([N+](=O)[O-])cc2)(Cc2ccc([NH+]([O-])[O-])cc2)C(=O)O1. The Balaban J connectivity index is 1.97. The van der Waals surface area contributed by atoms with Gasteiger partial charge in [-0.1, -0.05) is 24.3 Å². The number of carbonyl (C=O) groups excluding carboxylic acids is 2. The summed E-state index contributed by atoms with van der Waals surface area (Å²) in [6.45, 7) is 2.88. The van der Waals surface area contributed by atoms with Gasteiger partial charge in [-0.15, -0.1) is 0 Å². The van der Waals surface area contributed by atoms with Crippen molar-refractivity contribution in [3.63, 3.8) is 0 Å². The molecule has 0 saturated carbocycles. The highest BCUT2D eigenvalue weighted by Crippen LogP contribution is 2.38. The highest BCUT2D eigenvalue weighted by atomic mass is 16.8. The molecule has 30 heavy (non-hydrogen) atoms. The van der Waals surface area contributed by atoms with Gasteiger partial charge in [-0.2, -0.15) is 0 Å². The first-order valence-electron chi connectivity index (χ1n) is 9.03. The van der Waals surface area contributed by atoms with E-state index in [2.05, 4.69) is 0 Å². The van der Waals surface area contributed by atoms with E-state index in [1.54, 1.807) is 0 Å². The van der Waals surface area contributed by atoms with E-state index in [9.17, 15) is 30.1 Å². The van der Waals surface area contributed by atoms with Gasteiger partial charge in [0.2, 0.25) is 0 Å². The molecule has 1 N–H and O–H groups in total. The van der Waals surface area contributed by atoms with E-state index in [1.165, 1.54) is 62.4 Å². The van der Waals surface area contributed by atoms with Crippen LogP contribution in [0.4, 0.5) is 11.4 Å². The molecule has 1 aliphatic heterocycles. The molecular formula is C20H19N2O8-. The fourth-order valence-corrected chi connectivity index (χ4v) is 3.29. The summed E-state index contributed by atoms with van der Waals surface area (Å²) in [5.41, 5.74) is -0.885. The first kappa shape index (κ1) is 21.4. The minimum Gasteiger partial charge on any atom is -0.628 e. The van der Waals surface area contributed by atoms with Crippen molar-refractivity contribution in [1.29, 1.82) is 0 Å². The largest absolute Gasteiger partial charge is 0.628 e. The number of rotatable bonds is 6. The lowest BCUT2D eigenvalue weighted by Crippen LogP contribution is -2.96. The maximum Gasteiger partial charge on any atom is 0.327 e. The summed E-state index contributed by atoms with van der Waals surface area (Å²) in [4.78, 5) is 36.2. The Labute approximate surface area is 171 Å². The highest BCUT2D eigenvalue weighted by molar-refractivity contribution is 6.02. The summed E-state index contributed by atoms with van der Waals surface area (Å²) in [7, 11) is 0. The van der Waals surface area contributed by atoms with Gasteiger partial charge in [0.15, 0.2) is 5.41 Å². The molecule has 0 bridgehead atoms. The van der Waals surface area contributed by atoms with Gasteiger partial charge in [0.25, 0.3) is 11.5 Å². The average Bonchev–Trinajstić information content (AvgIpc) is 2.66. The molecule has 2 aromatic carbocycles. The fraction of sp³-hybridized carbons (Fsp3) is 0.300. The molecule has 10 heteroatoms. The third-order valence-electron chi connectivity index (χ3n) is 4.81. The molecule has 0 unspecified atom stereocenters. The smallest absolute Gasteiger partial charge is 0.327 e. The normalized spacial score (nSPS) is 17.4. The zero-order valence-corrected chi connectivity index (χ0v) is 16.2. The van der Waals surface area contributed by atoms with E-state index in [4.69, 9.17) is 9.47 Å². The molecule has 3 rings (SSSR count). The van der Waals surface area contributed by atoms with Crippen LogP contribution in [0.5, 0.6) is 0 Å². The lowest BCUT2D eigenvalue weighted by atomic mass is 9.75. The van der Waals surface area contributed by atoms with Gasteiger partial charge in [0.05, 0.1) is 4.92 Å². The standard InChI is InChI=1S/C20H19N2O8/c1-19(2)29-17(23)20(18(24)30-19,11-13-3-7-15(8-4-13)21(25)26)12-14-5-9-16(10-6-14)22(27)28/h3-10,21H,11-12H2,1-2H3/q-1. The molecule has 1 heterocycles. The summed E-state index contributed by atoms with van der Waals surface area (Å²) in [6.07, 6.45) is -0.216. The summed E-state index contributed by atoms with van der Waals surface area (Å²) in [5, 5.41) is 31.4. The van der Waals surface area contributed by atoms with Gasteiger partial charge in [0, 0.05) is 26.0 Å². The van der Waals surface area contributed by atoms with Crippen LogP contribution in [0.2, 0.25) is 0 Å². The first-order chi connectivity index (χ1) is 14.0. The highest BCUT2D eigenvalue weighted by Gasteiger charge is 2.56. The quantitative estimate of drug-likeness (QED) is 0.325. The van der Waals surface area contributed by atoms with Crippen molar-refractivity contribution < 1.29 is 29.2 Å². The van der Waals surface area contributed by atoms with Crippen LogP contribution < -0.4 is 5.23 Å². The maximum absolute atomic E-state index is 13.0. The van der Waals surface area contributed by atoms with Gasteiger partial charge in [-0.05, 0) is 36.1 Å². The van der Waals surface area contributed by atoms with Gasteiger partial charge >= 0.3 is 11.9 Å². The molecule has 1 saturated heterocycles. The molecule has 0 aliphatic carbocycles. The lowest BCUT2D eigenvalue weighted by Gasteiger charge is -2.40. The number of ether oxygens (including phenoxy) is 2. The van der Waals surface area contributed by atoms with Crippen molar-refractivity contribution in [3.8, 4) is 0 Å². The number of quaternary nitrogens is 1. The fourth-order valence-electron chi connectivity index (χ4n) is 3.29. The van der Waals surface area contributed by atoms with E-state index in [-0.39, 0.29) is 24.2 Å². The number of nitrogens with one attached hydrogen (secondary N) is 1. The third kappa shape index (κ3) is 4.30. The third-order valence-corrected chi connectivity index (χ3v) is 4.81. The molecule has 0 radical (unpaired) electrons. The molecule has 0 atom stereocenters. The van der Waals surface area contributed by atoms with Gasteiger partial charge in [-0.3, -0.25) is 19.7 Å². The number of hydrogen-bond acceptors (Lipinski definition) is 8. The molecule has 10 nitrogen and oxygen atoms in total. The van der Waals surface area contributed by atoms with Gasteiger partial charge in [-0.25, -0.2) is 0 Å². The summed E-state index contributed by atoms with van der Waals surface area (Å²) >= 11 is 0. The number of cyclic esters (lactones) is 2. The maximum atomic E-state index is 13.0.